The number of anilines is 1. The zero-order valence-electron chi connectivity index (χ0n) is 15.5. The third-order valence-electron chi connectivity index (χ3n) is 4.37. The van der Waals surface area contributed by atoms with Crippen LogP contribution in [0.4, 0.5) is 10.2 Å². The van der Waals surface area contributed by atoms with E-state index in [0.29, 0.717) is 37.5 Å². The minimum absolute atomic E-state index is 0.0137. The number of halogens is 1. The molecular formula is C20H19FN6OS. The number of nitrogens with one attached hydrogen (secondary N) is 2. The molecular weight excluding hydrogens is 391 g/mol. The van der Waals surface area contributed by atoms with Gasteiger partial charge >= 0.3 is 0 Å². The van der Waals surface area contributed by atoms with Crippen molar-refractivity contribution in [3.05, 3.63) is 70.6 Å². The van der Waals surface area contributed by atoms with Crippen LogP contribution in [0.1, 0.15) is 10.4 Å². The average molecular weight is 410 g/mol. The molecule has 148 valence electrons. The maximum atomic E-state index is 13.0. The van der Waals surface area contributed by atoms with Crippen molar-refractivity contribution in [3.63, 3.8) is 0 Å². The number of amides is 1. The number of benzene rings is 1. The minimum Gasteiger partial charge on any atom is -0.365 e. The highest BCUT2D eigenvalue weighted by molar-refractivity contribution is 7.10. The lowest BCUT2D eigenvalue weighted by Gasteiger charge is -2.08. The molecule has 0 aliphatic rings. The molecule has 0 bridgehead atoms. The molecule has 3 heterocycles. The Labute approximate surface area is 170 Å². The zero-order valence-corrected chi connectivity index (χ0v) is 16.3. The Hall–Kier alpha value is -3.33. The molecule has 0 saturated carbocycles. The molecule has 0 unspecified atom stereocenters. The van der Waals surface area contributed by atoms with Crippen LogP contribution in [0.15, 0.2) is 54.3 Å². The van der Waals surface area contributed by atoms with Crippen molar-refractivity contribution in [2.45, 2.75) is 19.5 Å². The van der Waals surface area contributed by atoms with E-state index >= 15 is 0 Å². The number of nitrogens with zero attached hydrogens (tertiary/aromatic N) is 4. The summed E-state index contributed by atoms with van der Waals surface area (Å²) in [5.74, 6) is 0.384. The average Bonchev–Trinajstić information content (AvgIpc) is 3.38. The van der Waals surface area contributed by atoms with Crippen LogP contribution < -0.4 is 10.6 Å². The van der Waals surface area contributed by atoms with E-state index in [0.717, 1.165) is 15.8 Å². The molecule has 1 aromatic carbocycles. The van der Waals surface area contributed by atoms with Crippen molar-refractivity contribution in [1.82, 2.24) is 25.1 Å². The number of thiophene rings is 1. The van der Waals surface area contributed by atoms with Gasteiger partial charge in [-0.15, -0.1) is 11.3 Å². The predicted molar refractivity (Wildman–Crippen MR) is 110 cm³/mol. The van der Waals surface area contributed by atoms with Crippen LogP contribution in [0.2, 0.25) is 0 Å². The Morgan fingerprint density at radius 1 is 1.17 bits per heavy atom. The van der Waals surface area contributed by atoms with E-state index < -0.39 is 0 Å². The van der Waals surface area contributed by atoms with Crippen LogP contribution in [-0.4, -0.2) is 32.2 Å². The highest BCUT2D eigenvalue weighted by Gasteiger charge is 2.10. The third kappa shape index (κ3) is 4.75. The maximum Gasteiger partial charge on any atom is 0.225 e. The van der Waals surface area contributed by atoms with Gasteiger partial charge in [0.05, 0.1) is 24.5 Å². The van der Waals surface area contributed by atoms with Gasteiger partial charge in [-0.05, 0) is 29.1 Å². The van der Waals surface area contributed by atoms with Crippen LogP contribution >= 0.6 is 11.3 Å². The van der Waals surface area contributed by atoms with Crippen LogP contribution in [-0.2, 0) is 24.3 Å². The topological polar surface area (TPSA) is 84.7 Å². The second-order valence-corrected chi connectivity index (χ2v) is 7.45. The predicted octanol–water partition coefficient (Wildman–Crippen LogP) is 3.00. The molecule has 0 aliphatic heterocycles. The smallest absolute Gasteiger partial charge is 0.225 e. The summed E-state index contributed by atoms with van der Waals surface area (Å²) < 4.78 is 14.8. The summed E-state index contributed by atoms with van der Waals surface area (Å²) in [6, 6.07) is 10.2. The number of hydrogen-bond donors (Lipinski definition) is 2. The number of fused-ring (bicyclic) bond motifs is 1. The Morgan fingerprint density at radius 3 is 2.83 bits per heavy atom. The lowest BCUT2D eigenvalue weighted by atomic mass is 10.2. The van der Waals surface area contributed by atoms with Gasteiger partial charge < -0.3 is 10.6 Å². The zero-order chi connectivity index (χ0) is 20.1. The van der Waals surface area contributed by atoms with Gasteiger partial charge in [0.1, 0.15) is 18.0 Å². The molecule has 29 heavy (non-hydrogen) atoms. The largest absolute Gasteiger partial charge is 0.365 e. The molecule has 0 aliphatic carbocycles. The molecule has 0 saturated heterocycles. The SMILES string of the molecule is O=C(Cc1cccs1)NCCn1ncc2c(NCc3ccc(F)cc3)ncnc21. The molecule has 7 nitrogen and oxygen atoms in total. The van der Waals surface area contributed by atoms with Gasteiger partial charge in [-0.25, -0.2) is 19.0 Å². The van der Waals surface area contributed by atoms with Gasteiger partial charge in [0, 0.05) is 18.0 Å². The quantitative estimate of drug-likeness (QED) is 0.467. The Bertz CT molecular complexity index is 1090. The second kappa shape index (κ2) is 8.78. The molecule has 4 rings (SSSR count). The van der Waals surface area contributed by atoms with Gasteiger partial charge in [-0.1, -0.05) is 18.2 Å². The number of rotatable bonds is 8. The first kappa shape index (κ1) is 19.0. The Balaban J connectivity index is 1.36. The second-order valence-electron chi connectivity index (χ2n) is 6.41. The van der Waals surface area contributed by atoms with Gasteiger partial charge in [0.2, 0.25) is 5.91 Å². The normalized spacial score (nSPS) is 10.9. The van der Waals surface area contributed by atoms with E-state index in [9.17, 15) is 9.18 Å². The van der Waals surface area contributed by atoms with Crippen LogP contribution in [0.3, 0.4) is 0 Å². The highest BCUT2D eigenvalue weighted by atomic mass is 32.1. The maximum absolute atomic E-state index is 13.0. The first-order chi connectivity index (χ1) is 14.2. The first-order valence-corrected chi connectivity index (χ1v) is 10.0. The number of carbonyl (C=O) groups is 1. The van der Waals surface area contributed by atoms with E-state index in [-0.39, 0.29) is 11.7 Å². The van der Waals surface area contributed by atoms with Gasteiger partial charge in [0.15, 0.2) is 5.65 Å². The molecule has 2 N–H and O–H groups in total. The van der Waals surface area contributed by atoms with Crippen molar-refractivity contribution in [2.24, 2.45) is 0 Å². The monoisotopic (exact) mass is 410 g/mol. The molecule has 0 fully saturated rings. The van der Waals surface area contributed by atoms with Crippen molar-refractivity contribution < 1.29 is 9.18 Å². The van der Waals surface area contributed by atoms with Crippen molar-refractivity contribution in [1.29, 1.82) is 0 Å². The number of carbonyl (C=O) groups excluding carboxylic acids is 1. The van der Waals surface area contributed by atoms with Gasteiger partial charge in [-0.3, -0.25) is 4.79 Å². The summed E-state index contributed by atoms with van der Waals surface area (Å²) in [7, 11) is 0. The van der Waals surface area contributed by atoms with Crippen LogP contribution in [0, 0.1) is 5.82 Å². The molecule has 0 spiro atoms. The lowest BCUT2D eigenvalue weighted by Crippen LogP contribution is -2.28. The fourth-order valence-corrected chi connectivity index (χ4v) is 3.62. The molecule has 4 aromatic rings. The summed E-state index contributed by atoms with van der Waals surface area (Å²) in [4.78, 5) is 21.6. The summed E-state index contributed by atoms with van der Waals surface area (Å²) >= 11 is 1.57. The van der Waals surface area contributed by atoms with Gasteiger partial charge in [0.25, 0.3) is 0 Å². The molecule has 3 aromatic heterocycles. The van der Waals surface area contributed by atoms with E-state index in [1.165, 1.54) is 18.5 Å². The number of hydrogen-bond acceptors (Lipinski definition) is 6. The fourth-order valence-electron chi connectivity index (χ4n) is 2.92. The first-order valence-electron chi connectivity index (χ1n) is 9.13. The van der Waals surface area contributed by atoms with E-state index in [2.05, 4.69) is 25.7 Å². The Kier molecular flexibility index (Phi) is 5.76. The molecule has 1 amide bonds. The summed E-state index contributed by atoms with van der Waals surface area (Å²) in [6.45, 7) is 1.48. The Morgan fingerprint density at radius 2 is 2.03 bits per heavy atom. The lowest BCUT2D eigenvalue weighted by molar-refractivity contribution is -0.120. The van der Waals surface area contributed by atoms with Crippen molar-refractivity contribution >= 4 is 34.1 Å². The van der Waals surface area contributed by atoms with Crippen molar-refractivity contribution in [3.8, 4) is 0 Å². The van der Waals surface area contributed by atoms with Crippen molar-refractivity contribution in [2.75, 3.05) is 11.9 Å². The summed E-state index contributed by atoms with van der Waals surface area (Å²) in [6.07, 6.45) is 3.57. The van der Waals surface area contributed by atoms with Gasteiger partial charge in [-0.2, -0.15) is 5.10 Å². The number of aromatic nitrogens is 4. The minimum atomic E-state index is -0.262. The van der Waals surface area contributed by atoms with Crippen LogP contribution in [0.25, 0.3) is 11.0 Å². The molecule has 0 atom stereocenters. The van der Waals surface area contributed by atoms with Crippen LogP contribution in [0.5, 0.6) is 0 Å². The summed E-state index contributed by atoms with van der Waals surface area (Å²) in [5.41, 5.74) is 1.63. The standard InChI is InChI=1S/C20H19FN6OS/c21-15-5-3-14(4-6-15)11-23-19-17-12-26-27(20(17)25-13-24-19)8-7-22-18(28)10-16-2-1-9-29-16/h1-6,9,12-13H,7-8,10-11H2,(H,22,28)(H,23,24,25). The fraction of sp³-hybridized carbons (Fsp3) is 0.200. The summed E-state index contributed by atoms with van der Waals surface area (Å²) in [5, 5.41) is 13.3. The van der Waals surface area contributed by atoms with E-state index in [1.807, 2.05) is 17.5 Å². The third-order valence-corrected chi connectivity index (χ3v) is 5.24. The van der Waals surface area contributed by atoms with E-state index in [1.54, 1.807) is 34.3 Å². The highest BCUT2D eigenvalue weighted by Crippen LogP contribution is 2.19. The molecule has 0 radical (unpaired) electrons. The molecule has 9 heteroatoms. The van der Waals surface area contributed by atoms with E-state index in [4.69, 9.17) is 0 Å².